The second-order valence-electron chi connectivity index (χ2n) is 7.42. The number of non-ortho nitro benzene ring substituents is 1. The summed E-state index contributed by atoms with van der Waals surface area (Å²) in [5.41, 5.74) is 4.54. The maximum absolute atomic E-state index is 12.3. The van der Waals surface area contributed by atoms with Crippen molar-refractivity contribution in [2.24, 2.45) is 5.10 Å². The molecule has 3 aromatic carbocycles. The number of para-hydroxylation sites is 1. The van der Waals surface area contributed by atoms with Gasteiger partial charge in [-0.3, -0.25) is 19.7 Å². The second-order valence-corrected chi connectivity index (χ2v) is 7.83. The van der Waals surface area contributed by atoms with Gasteiger partial charge in [-0.1, -0.05) is 29.8 Å². The van der Waals surface area contributed by atoms with E-state index in [2.05, 4.69) is 15.8 Å². The average molecular weight is 511 g/mol. The monoisotopic (exact) mass is 510 g/mol. The molecule has 0 aliphatic heterocycles. The normalized spacial score (nSPS) is 10.6. The van der Waals surface area contributed by atoms with Crippen LogP contribution >= 0.6 is 11.6 Å². The van der Waals surface area contributed by atoms with Gasteiger partial charge in [-0.25, -0.2) is 5.43 Å². The lowest BCUT2D eigenvalue weighted by atomic mass is 10.2. The van der Waals surface area contributed by atoms with Gasteiger partial charge in [0.05, 0.1) is 22.8 Å². The standard InChI is InChI=1S/C25H23ClN4O6/c1-3-35-22-13-17(14-27-29-25(32)18-8-10-19(11-9-18)30(33)34)12-20(26)24(22)36-15-23(31)28-21-7-5-4-6-16(21)2/h4-14H,3,15H2,1-2H3,(H,28,31)(H,29,32)/b27-14+. The number of carbonyl (C=O) groups is 2. The summed E-state index contributed by atoms with van der Waals surface area (Å²) in [5.74, 6) is -0.401. The Bertz CT molecular complexity index is 1290. The van der Waals surface area contributed by atoms with Crippen LogP contribution in [0.2, 0.25) is 5.02 Å². The van der Waals surface area contributed by atoms with Crippen molar-refractivity contribution in [3.63, 3.8) is 0 Å². The minimum absolute atomic E-state index is 0.122. The molecule has 2 amide bonds. The van der Waals surface area contributed by atoms with E-state index < -0.39 is 10.8 Å². The van der Waals surface area contributed by atoms with Crippen molar-refractivity contribution in [2.45, 2.75) is 13.8 Å². The van der Waals surface area contributed by atoms with Gasteiger partial charge in [-0.2, -0.15) is 5.10 Å². The molecule has 0 radical (unpaired) electrons. The van der Waals surface area contributed by atoms with Gasteiger partial charge in [-0.15, -0.1) is 0 Å². The van der Waals surface area contributed by atoms with Gasteiger partial charge >= 0.3 is 0 Å². The number of nitrogens with zero attached hydrogens (tertiary/aromatic N) is 2. The maximum atomic E-state index is 12.3. The number of ether oxygens (including phenoxy) is 2. The average Bonchev–Trinajstić information content (AvgIpc) is 2.85. The molecule has 2 N–H and O–H groups in total. The molecule has 0 aliphatic rings. The SMILES string of the molecule is CCOc1cc(/C=N/NC(=O)c2ccc([N+](=O)[O-])cc2)cc(Cl)c1OCC(=O)Nc1ccccc1C. The van der Waals surface area contributed by atoms with Crippen LogP contribution in [0.4, 0.5) is 11.4 Å². The molecule has 0 aromatic heterocycles. The highest BCUT2D eigenvalue weighted by molar-refractivity contribution is 6.32. The number of aryl methyl sites for hydroxylation is 1. The molecule has 0 saturated carbocycles. The molecule has 0 aliphatic carbocycles. The number of rotatable bonds is 10. The van der Waals surface area contributed by atoms with Crippen molar-refractivity contribution in [3.05, 3.63) is 92.5 Å². The van der Waals surface area contributed by atoms with Crippen LogP contribution in [0.25, 0.3) is 0 Å². The van der Waals surface area contributed by atoms with Crippen LogP contribution in [-0.4, -0.2) is 36.2 Å². The largest absolute Gasteiger partial charge is 0.490 e. The summed E-state index contributed by atoms with van der Waals surface area (Å²) < 4.78 is 11.3. The van der Waals surface area contributed by atoms with E-state index in [0.29, 0.717) is 23.6 Å². The highest BCUT2D eigenvalue weighted by Gasteiger charge is 2.15. The van der Waals surface area contributed by atoms with E-state index in [1.807, 2.05) is 25.1 Å². The number of nitro benzene ring substituents is 1. The molecule has 186 valence electrons. The number of halogens is 1. The van der Waals surface area contributed by atoms with Crippen molar-refractivity contribution in [2.75, 3.05) is 18.5 Å². The van der Waals surface area contributed by atoms with Crippen molar-refractivity contribution in [3.8, 4) is 11.5 Å². The first-order valence-electron chi connectivity index (χ1n) is 10.8. The van der Waals surface area contributed by atoms with Gasteiger partial charge in [0.15, 0.2) is 18.1 Å². The molecule has 0 fully saturated rings. The molecular formula is C25H23ClN4O6. The number of anilines is 1. The van der Waals surface area contributed by atoms with Gasteiger partial charge < -0.3 is 14.8 Å². The Hall–Kier alpha value is -4.44. The quantitative estimate of drug-likeness (QED) is 0.230. The van der Waals surface area contributed by atoms with Gasteiger partial charge in [0.25, 0.3) is 17.5 Å². The third-order valence-corrected chi connectivity index (χ3v) is 5.10. The molecule has 3 aromatic rings. The Balaban J connectivity index is 1.66. The van der Waals surface area contributed by atoms with Crippen LogP contribution in [0, 0.1) is 17.0 Å². The number of hydrogen-bond acceptors (Lipinski definition) is 7. The molecule has 36 heavy (non-hydrogen) atoms. The van der Waals surface area contributed by atoms with E-state index in [9.17, 15) is 19.7 Å². The molecule has 0 atom stereocenters. The summed E-state index contributed by atoms with van der Waals surface area (Å²) in [6.45, 7) is 3.70. The van der Waals surface area contributed by atoms with E-state index >= 15 is 0 Å². The summed E-state index contributed by atoms with van der Waals surface area (Å²) in [6.07, 6.45) is 1.35. The Labute approximate surface area is 212 Å². The minimum Gasteiger partial charge on any atom is -0.490 e. The molecule has 0 unspecified atom stereocenters. The van der Waals surface area contributed by atoms with Crippen LogP contribution in [0.15, 0.2) is 65.8 Å². The second kappa shape index (κ2) is 12.3. The maximum Gasteiger partial charge on any atom is 0.271 e. The van der Waals surface area contributed by atoms with E-state index in [1.165, 1.54) is 30.5 Å². The summed E-state index contributed by atoms with van der Waals surface area (Å²) in [4.78, 5) is 34.7. The predicted molar refractivity (Wildman–Crippen MR) is 136 cm³/mol. The Kier molecular flexibility index (Phi) is 8.95. The third kappa shape index (κ3) is 7.03. The van der Waals surface area contributed by atoms with E-state index in [1.54, 1.807) is 25.1 Å². The third-order valence-electron chi connectivity index (χ3n) is 4.82. The molecule has 0 heterocycles. The van der Waals surface area contributed by atoms with Gasteiger partial charge in [0, 0.05) is 23.4 Å². The number of nitro groups is 1. The molecule has 0 spiro atoms. The number of nitrogens with one attached hydrogen (secondary N) is 2. The van der Waals surface area contributed by atoms with E-state index in [-0.39, 0.29) is 34.5 Å². The first-order chi connectivity index (χ1) is 17.3. The number of hydrogen-bond donors (Lipinski definition) is 2. The number of hydrazone groups is 1. The molecule has 0 bridgehead atoms. The van der Waals surface area contributed by atoms with Crippen LogP contribution in [0.5, 0.6) is 11.5 Å². The van der Waals surface area contributed by atoms with Crippen LogP contribution in [-0.2, 0) is 4.79 Å². The summed E-state index contributed by atoms with van der Waals surface area (Å²) in [5, 5.41) is 17.6. The molecule has 3 rings (SSSR count). The minimum atomic E-state index is -0.552. The fourth-order valence-corrected chi connectivity index (χ4v) is 3.34. The van der Waals surface area contributed by atoms with E-state index in [0.717, 1.165) is 5.56 Å². The van der Waals surface area contributed by atoms with Gasteiger partial charge in [0.2, 0.25) is 0 Å². The first-order valence-corrected chi connectivity index (χ1v) is 11.2. The van der Waals surface area contributed by atoms with Crippen molar-refractivity contribution >= 4 is 41.0 Å². The smallest absolute Gasteiger partial charge is 0.271 e. The predicted octanol–water partition coefficient (Wildman–Crippen LogP) is 4.74. The van der Waals surface area contributed by atoms with Gasteiger partial charge in [0.1, 0.15) is 0 Å². The van der Waals surface area contributed by atoms with Crippen molar-refractivity contribution < 1.29 is 24.0 Å². The van der Waals surface area contributed by atoms with E-state index in [4.69, 9.17) is 21.1 Å². The van der Waals surface area contributed by atoms with Crippen LogP contribution < -0.4 is 20.2 Å². The Morgan fingerprint density at radius 3 is 2.50 bits per heavy atom. The highest BCUT2D eigenvalue weighted by atomic mass is 35.5. The lowest BCUT2D eigenvalue weighted by Gasteiger charge is -2.15. The Morgan fingerprint density at radius 1 is 1.11 bits per heavy atom. The zero-order valence-electron chi connectivity index (χ0n) is 19.5. The van der Waals surface area contributed by atoms with Crippen LogP contribution in [0.3, 0.4) is 0 Å². The molecular weight excluding hydrogens is 488 g/mol. The number of benzene rings is 3. The summed E-state index contributed by atoms with van der Waals surface area (Å²) in [6, 6.07) is 15.6. The topological polar surface area (TPSA) is 132 Å². The molecule has 10 nitrogen and oxygen atoms in total. The zero-order valence-corrected chi connectivity index (χ0v) is 20.2. The van der Waals surface area contributed by atoms with Crippen molar-refractivity contribution in [1.29, 1.82) is 0 Å². The molecule has 11 heteroatoms. The van der Waals surface area contributed by atoms with Crippen LogP contribution in [0.1, 0.15) is 28.4 Å². The summed E-state index contributed by atoms with van der Waals surface area (Å²) in [7, 11) is 0. The highest BCUT2D eigenvalue weighted by Crippen LogP contribution is 2.36. The van der Waals surface area contributed by atoms with Gasteiger partial charge in [-0.05, 0) is 55.3 Å². The van der Waals surface area contributed by atoms with Crippen molar-refractivity contribution in [1.82, 2.24) is 5.43 Å². The zero-order chi connectivity index (χ0) is 26.1. The summed E-state index contributed by atoms with van der Waals surface area (Å²) >= 11 is 6.38. The molecule has 0 saturated heterocycles. The fourth-order valence-electron chi connectivity index (χ4n) is 3.07. The lowest BCUT2D eigenvalue weighted by Crippen LogP contribution is -2.21. The fraction of sp³-hybridized carbons (Fsp3) is 0.160. The number of amides is 2. The Morgan fingerprint density at radius 2 is 1.83 bits per heavy atom. The first kappa shape index (κ1) is 26.2. The number of carbonyl (C=O) groups excluding carboxylic acids is 2. The lowest BCUT2D eigenvalue weighted by molar-refractivity contribution is -0.384.